The highest BCUT2D eigenvalue weighted by atomic mass is 33.1. The number of nitrogens with zero attached hydrogens (tertiary/aromatic N) is 1. The molecule has 0 aromatic carbocycles. The molecule has 1 heterocycles. The lowest BCUT2D eigenvalue weighted by Crippen LogP contribution is -2.20. The van der Waals surface area contributed by atoms with Crippen molar-refractivity contribution in [2.24, 2.45) is 5.73 Å². The van der Waals surface area contributed by atoms with Gasteiger partial charge in [-0.25, -0.2) is 4.98 Å². The smallest absolute Gasteiger partial charge is 0.106 e. The van der Waals surface area contributed by atoms with Crippen LogP contribution in [0.4, 0.5) is 0 Å². The zero-order chi connectivity index (χ0) is 20.8. The Labute approximate surface area is 189 Å². The Bertz CT molecular complexity index is 442. The average molecular weight is 439 g/mol. The minimum atomic E-state index is 0.369. The molecule has 29 heavy (non-hydrogen) atoms. The van der Waals surface area contributed by atoms with Crippen LogP contribution in [0.3, 0.4) is 0 Å². The van der Waals surface area contributed by atoms with Gasteiger partial charge in [-0.3, -0.25) is 0 Å². The molecule has 1 unspecified atom stereocenters. The number of hydrogen-bond donors (Lipinski definition) is 1. The number of nitrogens with two attached hydrogens (primary N) is 1. The van der Waals surface area contributed by atoms with Crippen molar-refractivity contribution in [1.82, 2.24) is 4.98 Å². The summed E-state index contributed by atoms with van der Waals surface area (Å²) in [6, 6.07) is 6.43. The van der Waals surface area contributed by atoms with E-state index in [1.165, 1.54) is 103 Å². The van der Waals surface area contributed by atoms with Crippen molar-refractivity contribution in [3.63, 3.8) is 0 Å². The minimum absolute atomic E-state index is 0.369. The van der Waals surface area contributed by atoms with E-state index in [0.29, 0.717) is 6.04 Å². The maximum absolute atomic E-state index is 6.27. The second-order valence-corrected chi connectivity index (χ2v) is 10.8. The summed E-state index contributed by atoms with van der Waals surface area (Å²) in [7, 11) is 3.63. The molecule has 0 aliphatic carbocycles. The third kappa shape index (κ3) is 18.3. The van der Waals surface area contributed by atoms with E-state index >= 15 is 0 Å². The second-order valence-electron chi connectivity index (χ2n) is 8.36. The average Bonchev–Trinajstić information content (AvgIpc) is 2.75. The van der Waals surface area contributed by atoms with Crippen molar-refractivity contribution >= 4 is 21.6 Å². The molecule has 0 bridgehead atoms. The molecule has 1 aromatic heterocycles. The first-order valence-corrected chi connectivity index (χ1v) is 14.6. The van der Waals surface area contributed by atoms with Gasteiger partial charge in [0.25, 0.3) is 0 Å². The number of hydrogen-bond acceptors (Lipinski definition) is 4. The van der Waals surface area contributed by atoms with E-state index < -0.39 is 0 Å². The van der Waals surface area contributed by atoms with Crippen LogP contribution in [0.2, 0.25) is 0 Å². The number of unbranched alkanes of at least 4 members (excludes halogenated alkanes) is 14. The Morgan fingerprint density at radius 2 is 1.31 bits per heavy atom. The van der Waals surface area contributed by atoms with Crippen molar-refractivity contribution in [1.29, 1.82) is 0 Å². The van der Waals surface area contributed by atoms with Crippen molar-refractivity contribution < 1.29 is 0 Å². The predicted molar refractivity (Wildman–Crippen MR) is 135 cm³/mol. The van der Waals surface area contributed by atoms with Crippen LogP contribution in [0, 0.1) is 0 Å². The first-order valence-electron chi connectivity index (χ1n) is 12.3. The van der Waals surface area contributed by atoms with Crippen molar-refractivity contribution in [2.75, 3.05) is 5.75 Å². The van der Waals surface area contributed by atoms with E-state index in [2.05, 4.69) is 18.0 Å². The lowest BCUT2D eigenvalue weighted by atomic mass is 10.0. The predicted octanol–water partition coefficient (Wildman–Crippen LogP) is 8.80. The molecular formula is C25H46N2S2. The summed E-state index contributed by atoms with van der Waals surface area (Å²) in [5, 5.41) is 1.09. The molecule has 0 saturated carbocycles. The fourth-order valence-electron chi connectivity index (χ4n) is 3.62. The molecule has 1 rings (SSSR count). The van der Waals surface area contributed by atoms with Gasteiger partial charge < -0.3 is 5.73 Å². The van der Waals surface area contributed by atoms with Crippen LogP contribution in [-0.2, 0) is 0 Å². The van der Waals surface area contributed by atoms with Gasteiger partial charge in [0.05, 0.1) is 0 Å². The molecule has 2 nitrogen and oxygen atoms in total. The third-order valence-corrected chi connectivity index (χ3v) is 7.83. The van der Waals surface area contributed by atoms with Crippen LogP contribution in [0.1, 0.15) is 116 Å². The van der Waals surface area contributed by atoms with Gasteiger partial charge in [-0.2, -0.15) is 0 Å². The monoisotopic (exact) mass is 438 g/mol. The van der Waals surface area contributed by atoms with E-state index in [-0.39, 0.29) is 0 Å². The summed E-state index contributed by atoms with van der Waals surface area (Å²) in [4.78, 5) is 4.33. The van der Waals surface area contributed by atoms with Gasteiger partial charge in [0.2, 0.25) is 0 Å². The van der Waals surface area contributed by atoms with E-state index in [4.69, 9.17) is 5.73 Å². The molecule has 4 heteroatoms. The van der Waals surface area contributed by atoms with Gasteiger partial charge in [0.1, 0.15) is 5.03 Å². The summed E-state index contributed by atoms with van der Waals surface area (Å²) < 4.78 is 0. The Morgan fingerprint density at radius 1 is 0.759 bits per heavy atom. The fourth-order valence-corrected chi connectivity index (χ4v) is 5.66. The third-order valence-electron chi connectivity index (χ3n) is 5.53. The normalized spacial score (nSPS) is 12.3. The molecule has 2 N–H and O–H groups in total. The first-order chi connectivity index (χ1) is 14.3. The van der Waals surface area contributed by atoms with E-state index in [9.17, 15) is 0 Å². The quantitative estimate of drug-likeness (QED) is 0.154. The van der Waals surface area contributed by atoms with E-state index in [1.807, 2.05) is 29.1 Å². The molecule has 1 atom stereocenters. The van der Waals surface area contributed by atoms with Gasteiger partial charge >= 0.3 is 0 Å². The highest BCUT2D eigenvalue weighted by Gasteiger charge is 2.03. The van der Waals surface area contributed by atoms with E-state index in [0.717, 1.165) is 17.2 Å². The highest BCUT2D eigenvalue weighted by Crippen LogP contribution is 2.29. The standard InChI is InChI=1S/C25H46N2S2/c1-2-3-4-5-6-7-8-9-10-11-12-13-14-15-16-19-24(26)21-23-28-29-25-20-17-18-22-27-25/h17-18,20,22,24H,2-16,19,21,23,26H2,1H3. The van der Waals surface area contributed by atoms with Gasteiger partial charge in [0, 0.05) is 18.0 Å². The van der Waals surface area contributed by atoms with Gasteiger partial charge in [-0.15, -0.1) is 0 Å². The summed E-state index contributed by atoms with van der Waals surface area (Å²) in [6.45, 7) is 2.29. The van der Waals surface area contributed by atoms with Gasteiger partial charge in [0.15, 0.2) is 0 Å². The van der Waals surface area contributed by atoms with Gasteiger partial charge in [-0.05, 0) is 35.8 Å². The molecule has 0 saturated heterocycles. The SMILES string of the molecule is CCCCCCCCCCCCCCCCCC(N)CCSSc1ccccn1. The van der Waals surface area contributed by atoms with Crippen molar-refractivity contribution in [3.8, 4) is 0 Å². The summed E-state index contributed by atoms with van der Waals surface area (Å²) in [5.74, 6) is 1.11. The lowest BCUT2D eigenvalue weighted by Gasteiger charge is -2.10. The molecule has 0 aliphatic heterocycles. The van der Waals surface area contributed by atoms with E-state index in [1.54, 1.807) is 10.8 Å². The Balaban J connectivity index is 1.74. The molecular weight excluding hydrogens is 392 g/mol. The summed E-state index contributed by atoms with van der Waals surface area (Å²) in [5.41, 5.74) is 6.27. The summed E-state index contributed by atoms with van der Waals surface area (Å²) in [6.07, 6.45) is 25.5. The molecule has 168 valence electrons. The van der Waals surface area contributed by atoms with Crippen LogP contribution in [0.25, 0.3) is 0 Å². The number of pyridine rings is 1. The number of rotatable bonds is 21. The summed E-state index contributed by atoms with van der Waals surface area (Å²) >= 11 is 0. The van der Waals surface area contributed by atoms with Crippen molar-refractivity contribution in [3.05, 3.63) is 24.4 Å². The topological polar surface area (TPSA) is 38.9 Å². The zero-order valence-electron chi connectivity index (χ0n) is 19.0. The maximum atomic E-state index is 6.27. The molecule has 0 fully saturated rings. The lowest BCUT2D eigenvalue weighted by molar-refractivity contribution is 0.511. The fraction of sp³-hybridized carbons (Fsp3) is 0.800. The Kier molecular flexibility index (Phi) is 19.5. The van der Waals surface area contributed by atoms with Crippen LogP contribution in [0.15, 0.2) is 29.4 Å². The maximum Gasteiger partial charge on any atom is 0.106 e. The zero-order valence-corrected chi connectivity index (χ0v) is 20.6. The minimum Gasteiger partial charge on any atom is -0.328 e. The van der Waals surface area contributed by atoms with Crippen LogP contribution in [0.5, 0.6) is 0 Å². The van der Waals surface area contributed by atoms with Crippen LogP contribution < -0.4 is 5.73 Å². The largest absolute Gasteiger partial charge is 0.328 e. The molecule has 0 spiro atoms. The number of aromatic nitrogens is 1. The Morgan fingerprint density at radius 3 is 1.83 bits per heavy atom. The molecule has 0 amide bonds. The first kappa shape index (κ1) is 26.8. The molecule has 0 radical (unpaired) electrons. The van der Waals surface area contributed by atoms with Crippen molar-refractivity contribution in [2.45, 2.75) is 127 Å². The van der Waals surface area contributed by atoms with Gasteiger partial charge in [-0.1, -0.05) is 120 Å². The second kappa shape index (κ2) is 21.1. The molecule has 0 aliphatic rings. The highest BCUT2D eigenvalue weighted by molar-refractivity contribution is 8.76. The molecule has 1 aromatic rings. The van der Waals surface area contributed by atoms with Crippen LogP contribution >= 0.6 is 21.6 Å². The Hall–Kier alpha value is -0.190. The van der Waals surface area contributed by atoms with Crippen LogP contribution in [-0.4, -0.2) is 16.8 Å².